The normalized spacial score (nSPS) is 11.4. The van der Waals surface area contributed by atoms with E-state index < -0.39 is 0 Å². The lowest BCUT2D eigenvalue weighted by molar-refractivity contribution is 0.410. The summed E-state index contributed by atoms with van der Waals surface area (Å²) in [6, 6.07) is 11.5. The molecule has 3 N–H and O–H groups in total. The Balaban J connectivity index is 1.55. The van der Waals surface area contributed by atoms with Gasteiger partial charge in [0.05, 0.1) is 19.9 Å². The van der Waals surface area contributed by atoms with Crippen LogP contribution in [0.2, 0.25) is 0 Å². The molecule has 1 aromatic carbocycles. The van der Waals surface area contributed by atoms with Gasteiger partial charge in [-0.3, -0.25) is 5.10 Å². The summed E-state index contributed by atoms with van der Waals surface area (Å²) < 4.78 is 10.7. The maximum Gasteiger partial charge on any atom is 0.216 e. The number of guanidine groups is 1. The molecular weight excluding hydrogens is 344 g/mol. The van der Waals surface area contributed by atoms with Crippen molar-refractivity contribution in [1.82, 2.24) is 25.8 Å². The minimum atomic E-state index is 0.532. The van der Waals surface area contributed by atoms with Crippen molar-refractivity contribution in [3.63, 3.8) is 0 Å². The molecule has 3 aromatic rings. The molecule has 0 amide bonds. The molecule has 0 saturated carbocycles. The zero-order valence-electron chi connectivity index (χ0n) is 15.5. The molecule has 8 nitrogen and oxygen atoms in total. The van der Waals surface area contributed by atoms with Crippen molar-refractivity contribution in [3.8, 4) is 17.3 Å². The Hall–Kier alpha value is -3.29. The molecule has 0 radical (unpaired) electrons. The fourth-order valence-corrected chi connectivity index (χ4v) is 2.56. The molecule has 0 spiro atoms. The molecule has 0 aliphatic rings. The summed E-state index contributed by atoms with van der Waals surface area (Å²) in [4.78, 5) is 9.06. The maximum atomic E-state index is 5.37. The van der Waals surface area contributed by atoms with Gasteiger partial charge in [0.1, 0.15) is 11.6 Å². The summed E-state index contributed by atoms with van der Waals surface area (Å²) in [5.74, 6) is 3.58. The fraction of sp³-hybridized carbons (Fsp3) is 0.316. The zero-order valence-corrected chi connectivity index (χ0v) is 15.5. The van der Waals surface area contributed by atoms with Gasteiger partial charge in [0.15, 0.2) is 11.7 Å². The number of hydrogen-bond donors (Lipinski definition) is 3. The van der Waals surface area contributed by atoms with Gasteiger partial charge in [-0.25, -0.2) is 9.98 Å². The van der Waals surface area contributed by atoms with Crippen LogP contribution in [-0.4, -0.2) is 41.3 Å². The molecular formula is C19H24N6O2. The molecule has 0 fully saturated rings. The predicted octanol–water partition coefficient (Wildman–Crippen LogP) is 2.37. The van der Waals surface area contributed by atoms with Gasteiger partial charge in [0.2, 0.25) is 5.82 Å². The first-order chi connectivity index (χ1) is 13.3. The second-order valence-electron chi connectivity index (χ2n) is 5.77. The number of aromatic nitrogens is 3. The Morgan fingerprint density at radius 2 is 2.11 bits per heavy atom. The van der Waals surface area contributed by atoms with E-state index in [4.69, 9.17) is 9.15 Å². The average molecular weight is 368 g/mol. The highest BCUT2D eigenvalue weighted by Gasteiger charge is 2.08. The third-order valence-electron chi connectivity index (χ3n) is 3.87. The molecule has 2 heterocycles. The van der Waals surface area contributed by atoms with Crippen LogP contribution in [0.5, 0.6) is 5.75 Å². The highest BCUT2D eigenvalue weighted by molar-refractivity contribution is 5.79. The summed E-state index contributed by atoms with van der Waals surface area (Å²) >= 11 is 0. The van der Waals surface area contributed by atoms with E-state index in [0.29, 0.717) is 31.1 Å². The fourth-order valence-electron chi connectivity index (χ4n) is 2.56. The number of aliphatic imine (C=N–C) groups is 1. The summed E-state index contributed by atoms with van der Waals surface area (Å²) in [5, 5.41) is 13.7. The summed E-state index contributed by atoms with van der Waals surface area (Å²) in [6.07, 6.45) is 2.29. The molecule has 2 aromatic heterocycles. The van der Waals surface area contributed by atoms with Gasteiger partial charge in [0.25, 0.3) is 0 Å². The summed E-state index contributed by atoms with van der Waals surface area (Å²) in [6.45, 7) is 4.02. The third-order valence-corrected chi connectivity index (χ3v) is 3.87. The largest absolute Gasteiger partial charge is 0.496 e. The van der Waals surface area contributed by atoms with Crippen molar-refractivity contribution < 1.29 is 9.15 Å². The topological polar surface area (TPSA) is 100 Å². The van der Waals surface area contributed by atoms with Crippen LogP contribution in [0.15, 0.2) is 52.1 Å². The number of methoxy groups -OCH3 is 1. The maximum absolute atomic E-state index is 5.37. The molecule has 0 atom stereocenters. The first kappa shape index (κ1) is 18.5. The average Bonchev–Trinajstić information content (AvgIpc) is 3.38. The van der Waals surface area contributed by atoms with Crippen LogP contribution in [0.3, 0.4) is 0 Å². The van der Waals surface area contributed by atoms with E-state index >= 15 is 0 Å². The number of para-hydroxylation sites is 1. The van der Waals surface area contributed by atoms with Crippen molar-refractivity contribution in [2.24, 2.45) is 4.99 Å². The number of aromatic amines is 1. The number of benzene rings is 1. The molecule has 27 heavy (non-hydrogen) atoms. The van der Waals surface area contributed by atoms with Crippen LogP contribution >= 0.6 is 0 Å². The number of nitrogens with one attached hydrogen (secondary N) is 3. The monoisotopic (exact) mass is 368 g/mol. The van der Waals surface area contributed by atoms with Crippen molar-refractivity contribution in [1.29, 1.82) is 0 Å². The van der Waals surface area contributed by atoms with Crippen molar-refractivity contribution in [3.05, 3.63) is 54.0 Å². The van der Waals surface area contributed by atoms with Gasteiger partial charge in [-0.05, 0) is 25.1 Å². The Bertz CT molecular complexity index is 857. The highest BCUT2D eigenvalue weighted by Crippen LogP contribution is 2.18. The number of H-pyrrole nitrogens is 1. The first-order valence-electron chi connectivity index (χ1n) is 8.89. The van der Waals surface area contributed by atoms with Gasteiger partial charge >= 0.3 is 0 Å². The van der Waals surface area contributed by atoms with Crippen LogP contribution in [-0.2, 0) is 13.0 Å². The number of ether oxygens (including phenoxy) is 1. The number of nitrogens with zero attached hydrogens (tertiary/aromatic N) is 3. The second kappa shape index (κ2) is 9.42. The predicted molar refractivity (Wildman–Crippen MR) is 104 cm³/mol. The smallest absolute Gasteiger partial charge is 0.216 e. The van der Waals surface area contributed by atoms with Crippen LogP contribution < -0.4 is 15.4 Å². The van der Waals surface area contributed by atoms with E-state index in [-0.39, 0.29) is 0 Å². The minimum absolute atomic E-state index is 0.532. The van der Waals surface area contributed by atoms with Crippen LogP contribution in [0.1, 0.15) is 18.3 Å². The van der Waals surface area contributed by atoms with Crippen LogP contribution in [0.25, 0.3) is 11.6 Å². The van der Waals surface area contributed by atoms with E-state index in [1.807, 2.05) is 43.3 Å². The molecule has 0 aliphatic carbocycles. The van der Waals surface area contributed by atoms with Crippen molar-refractivity contribution in [2.75, 3.05) is 20.2 Å². The minimum Gasteiger partial charge on any atom is -0.496 e. The van der Waals surface area contributed by atoms with Gasteiger partial charge < -0.3 is 19.8 Å². The van der Waals surface area contributed by atoms with Crippen molar-refractivity contribution in [2.45, 2.75) is 19.9 Å². The highest BCUT2D eigenvalue weighted by atomic mass is 16.5. The SMILES string of the molecule is CCNC(=NCc1ccccc1OC)NCCc1nc(-c2ccco2)n[nH]1. The quantitative estimate of drug-likeness (QED) is 0.417. The van der Waals surface area contributed by atoms with Crippen molar-refractivity contribution >= 4 is 5.96 Å². The van der Waals surface area contributed by atoms with E-state index in [1.54, 1.807) is 13.4 Å². The molecule has 142 valence electrons. The lowest BCUT2D eigenvalue weighted by Crippen LogP contribution is -2.38. The van der Waals surface area contributed by atoms with Gasteiger partial charge in [0, 0.05) is 25.1 Å². The Labute approximate surface area is 158 Å². The van der Waals surface area contributed by atoms with E-state index in [2.05, 4.69) is 30.8 Å². The first-order valence-corrected chi connectivity index (χ1v) is 8.89. The lowest BCUT2D eigenvalue weighted by Gasteiger charge is -2.11. The lowest BCUT2D eigenvalue weighted by atomic mass is 10.2. The molecule has 3 rings (SSSR count). The van der Waals surface area contributed by atoms with Crippen LogP contribution in [0.4, 0.5) is 0 Å². The van der Waals surface area contributed by atoms with Crippen LogP contribution in [0, 0.1) is 0 Å². The van der Waals surface area contributed by atoms with E-state index in [1.165, 1.54) is 0 Å². The van der Waals surface area contributed by atoms with E-state index in [0.717, 1.165) is 29.6 Å². The Morgan fingerprint density at radius 3 is 2.89 bits per heavy atom. The Morgan fingerprint density at radius 1 is 1.22 bits per heavy atom. The molecule has 0 aliphatic heterocycles. The standard InChI is InChI=1S/C19H24N6O2/c1-3-20-19(22-13-14-7-4-5-8-15(14)26-2)21-11-10-17-23-18(25-24-17)16-9-6-12-27-16/h4-9,12H,3,10-11,13H2,1-2H3,(H2,20,21,22)(H,23,24,25). The van der Waals surface area contributed by atoms with Gasteiger partial charge in [-0.1, -0.05) is 18.2 Å². The molecule has 0 bridgehead atoms. The molecule has 0 unspecified atom stereocenters. The van der Waals surface area contributed by atoms with Gasteiger partial charge in [-0.2, -0.15) is 5.10 Å². The summed E-state index contributed by atoms with van der Waals surface area (Å²) in [5.41, 5.74) is 1.04. The Kier molecular flexibility index (Phi) is 6.45. The van der Waals surface area contributed by atoms with E-state index in [9.17, 15) is 0 Å². The molecule has 8 heteroatoms. The summed E-state index contributed by atoms with van der Waals surface area (Å²) in [7, 11) is 1.67. The molecule has 0 saturated heterocycles. The third kappa shape index (κ3) is 5.10. The zero-order chi connectivity index (χ0) is 18.9. The number of furan rings is 1. The second-order valence-corrected chi connectivity index (χ2v) is 5.77. The number of hydrogen-bond acceptors (Lipinski definition) is 5. The number of rotatable bonds is 8. The van der Waals surface area contributed by atoms with Gasteiger partial charge in [-0.15, -0.1) is 0 Å².